The highest BCUT2D eigenvalue weighted by atomic mass is 32.2. The van der Waals surface area contributed by atoms with E-state index in [-0.39, 0.29) is 0 Å². The van der Waals surface area contributed by atoms with Crippen molar-refractivity contribution in [2.75, 3.05) is 32.9 Å². The first-order valence-corrected chi connectivity index (χ1v) is 8.95. The summed E-state index contributed by atoms with van der Waals surface area (Å²) in [6, 6.07) is 0. The van der Waals surface area contributed by atoms with Crippen LogP contribution in [0.1, 0.15) is 32.1 Å². The molecule has 3 unspecified atom stereocenters. The van der Waals surface area contributed by atoms with E-state index in [2.05, 4.69) is 5.32 Å². The highest BCUT2D eigenvalue weighted by molar-refractivity contribution is 7.88. The Morgan fingerprint density at radius 2 is 1.94 bits per heavy atom. The quantitative estimate of drug-likeness (QED) is 0.822. The molecule has 2 rings (SSSR count). The molecule has 0 amide bonds. The van der Waals surface area contributed by atoms with Gasteiger partial charge in [0.05, 0.1) is 6.26 Å². The molecule has 0 aromatic rings. The van der Waals surface area contributed by atoms with Crippen molar-refractivity contribution in [2.24, 2.45) is 17.8 Å². The fourth-order valence-electron chi connectivity index (χ4n) is 3.43. The van der Waals surface area contributed by atoms with Crippen LogP contribution >= 0.6 is 0 Å². The first-order chi connectivity index (χ1) is 8.50. The molecule has 18 heavy (non-hydrogen) atoms. The first-order valence-electron chi connectivity index (χ1n) is 7.10. The lowest BCUT2D eigenvalue weighted by molar-refractivity contribution is 0.119. The van der Waals surface area contributed by atoms with E-state index in [1.807, 2.05) is 7.05 Å². The normalized spacial score (nSPS) is 34.2. The molecule has 106 valence electrons. The number of hydrogen-bond acceptors (Lipinski definition) is 3. The van der Waals surface area contributed by atoms with Crippen LogP contribution in [0.4, 0.5) is 0 Å². The van der Waals surface area contributed by atoms with Gasteiger partial charge >= 0.3 is 0 Å². The van der Waals surface area contributed by atoms with Gasteiger partial charge < -0.3 is 5.32 Å². The predicted octanol–water partition coefficient (Wildman–Crippen LogP) is 1.29. The molecule has 1 aliphatic carbocycles. The molecular formula is C13H26N2O2S. The van der Waals surface area contributed by atoms with Crippen molar-refractivity contribution in [2.45, 2.75) is 32.1 Å². The minimum atomic E-state index is -2.99. The second-order valence-electron chi connectivity index (χ2n) is 6.02. The van der Waals surface area contributed by atoms with Crippen LogP contribution in [0.15, 0.2) is 0 Å². The predicted molar refractivity (Wildman–Crippen MR) is 73.9 cm³/mol. The number of nitrogens with zero attached hydrogens (tertiary/aromatic N) is 1. The van der Waals surface area contributed by atoms with Crippen molar-refractivity contribution in [3.8, 4) is 0 Å². The fraction of sp³-hybridized carbons (Fsp3) is 1.00. The Balaban J connectivity index is 1.83. The molecule has 2 aliphatic rings. The van der Waals surface area contributed by atoms with E-state index in [0.29, 0.717) is 5.92 Å². The van der Waals surface area contributed by atoms with Gasteiger partial charge in [0.1, 0.15) is 0 Å². The zero-order valence-electron chi connectivity index (χ0n) is 11.6. The summed E-state index contributed by atoms with van der Waals surface area (Å²) >= 11 is 0. The molecule has 0 spiro atoms. The second kappa shape index (κ2) is 5.88. The van der Waals surface area contributed by atoms with Crippen LogP contribution in [0.25, 0.3) is 0 Å². The molecular weight excluding hydrogens is 248 g/mol. The second-order valence-corrected chi connectivity index (χ2v) is 8.00. The number of piperidine rings is 1. The highest BCUT2D eigenvalue weighted by Gasteiger charge is 2.34. The maximum Gasteiger partial charge on any atom is 0.211 e. The summed E-state index contributed by atoms with van der Waals surface area (Å²) in [5.74, 6) is 2.23. The molecule has 0 bridgehead atoms. The standard InChI is InChI=1S/C13H26N2O2S/c1-14-9-13-6-5-12(13)8-11-4-3-7-15(10-11)18(2,16)17/h11-14H,3-10H2,1-2H3. The lowest BCUT2D eigenvalue weighted by Crippen LogP contribution is -2.42. The molecule has 0 aromatic carbocycles. The summed E-state index contributed by atoms with van der Waals surface area (Å²) < 4.78 is 24.8. The van der Waals surface area contributed by atoms with Crippen LogP contribution in [0.3, 0.4) is 0 Å². The van der Waals surface area contributed by atoms with E-state index in [1.165, 1.54) is 31.9 Å². The van der Waals surface area contributed by atoms with Gasteiger partial charge in [-0.2, -0.15) is 0 Å². The average molecular weight is 274 g/mol. The maximum atomic E-state index is 11.6. The Labute approximate surface area is 111 Å². The van der Waals surface area contributed by atoms with E-state index in [9.17, 15) is 8.42 Å². The van der Waals surface area contributed by atoms with Gasteiger partial charge in [-0.15, -0.1) is 0 Å². The van der Waals surface area contributed by atoms with Gasteiger partial charge in [-0.25, -0.2) is 12.7 Å². The van der Waals surface area contributed by atoms with Gasteiger partial charge in [0.25, 0.3) is 0 Å². The summed E-state index contributed by atoms with van der Waals surface area (Å²) in [6.45, 7) is 2.59. The van der Waals surface area contributed by atoms with Crippen molar-refractivity contribution in [3.05, 3.63) is 0 Å². The van der Waals surface area contributed by atoms with Crippen molar-refractivity contribution in [1.29, 1.82) is 0 Å². The Bertz CT molecular complexity index is 369. The summed E-state index contributed by atoms with van der Waals surface area (Å²) in [4.78, 5) is 0. The van der Waals surface area contributed by atoms with Gasteiger partial charge in [0.2, 0.25) is 10.0 Å². The van der Waals surface area contributed by atoms with E-state index in [4.69, 9.17) is 0 Å². The van der Waals surface area contributed by atoms with Gasteiger partial charge in [-0.05, 0) is 63.5 Å². The van der Waals surface area contributed by atoms with E-state index in [1.54, 1.807) is 4.31 Å². The van der Waals surface area contributed by atoms with E-state index >= 15 is 0 Å². The Morgan fingerprint density at radius 3 is 2.50 bits per heavy atom. The van der Waals surface area contributed by atoms with Crippen molar-refractivity contribution < 1.29 is 8.42 Å². The topological polar surface area (TPSA) is 49.4 Å². The number of sulfonamides is 1. The van der Waals surface area contributed by atoms with Crippen LogP contribution in [0, 0.1) is 17.8 Å². The molecule has 0 aromatic heterocycles. The van der Waals surface area contributed by atoms with Crippen molar-refractivity contribution in [3.63, 3.8) is 0 Å². The summed E-state index contributed by atoms with van der Waals surface area (Å²) in [5.41, 5.74) is 0. The molecule has 0 radical (unpaired) electrons. The Hall–Kier alpha value is -0.130. The molecule has 2 fully saturated rings. The van der Waals surface area contributed by atoms with Crippen LogP contribution in [-0.2, 0) is 10.0 Å². The van der Waals surface area contributed by atoms with Crippen molar-refractivity contribution in [1.82, 2.24) is 9.62 Å². The van der Waals surface area contributed by atoms with Crippen LogP contribution < -0.4 is 5.32 Å². The van der Waals surface area contributed by atoms with Crippen molar-refractivity contribution >= 4 is 10.0 Å². The minimum Gasteiger partial charge on any atom is -0.319 e. The van der Waals surface area contributed by atoms with E-state index in [0.717, 1.165) is 37.9 Å². The zero-order valence-corrected chi connectivity index (χ0v) is 12.4. The lowest BCUT2D eigenvalue weighted by Gasteiger charge is -2.41. The molecule has 5 heteroatoms. The molecule has 1 N–H and O–H groups in total. The van der Waals surface area contributed by atoms with Crippen LogP contribution in [0.2, 0.25) is 0 Å². The number of hydrogen-bond donors (Lipinski definition) is 1. The molecule has 3 atom stereocenters. The van der Waals surface area contributed by atoms with E-state index < -0.39 is 10.0 Å². The lowest BCUT2D eigenvalue weighted by atomic mass is 9.69. The Morgan fingerprint density at radius 1 is 1.22 bits per heavy atom. The molecule has 1 saturated carbocycles. The summed E-state index contributed by atoms with van der Waals surface area (Å²) in [7, 11) is -0.971. The van der Waals surface area contributed by atoms with Gasteiger partial charge in [0.15, 0.2) is 0 Å². The largest absolute Gasteiger partial charge is 0.319 e. The van der Waals surface area contributed by atoms with Gasteiger partial charge in [-0.1, -0.05) is 0 Å². The molecule has 1 heterocycles. The summed E-state index contributed by atoms with van der Waals surface area (Å²) in [6.07, 6.45) is 7.46. The highest BCUT2D eigenvalue weighted by Crippen LogP contribution is 2.40. The fourth-order valence-corrected chi connectivity index (χ4v) is 4.37. The first kappa shape index (κ1) is 14.3. The summed E-state index contributed by atoms with van der Waals surface area (Å²) in [5, 5.41) is 3.26. The third-order valence-corrected chi connectivity index (χ3v) is 5.90. The SMILES string of the molecule is CNCC1CCC1CC1CCCN(S(C)(=O)=O)C1. The maximum absolute atomic E-state index is 11.6. The molecule has 4 nitrogen and oxygen atoms in total. The monoisotopic (exact) mass is 274 g/mol. The number of nitrogens with one attached hydrogen (secondary N) is 1. The average Bonchev–Trinajstić information content (AvgIpc) is 2.31. The Kier molecular flexibility index (Phi) is 4.67. The van der Waals surface area contributed by atoms with Gasteiger partial charge in [-0.3, -0.25) is 0 Å². The third kappa shape index (κ3) is 3.45. The third-order valence-electron chi connectivity index (χ3n) is 4.63. The number of rotatable bonds is 5. The van der Waals surface area contributed by atoms with Gasteiger partial charge in [0, 0.05) is 13.1 Å². The minimum absolute atomic E-state index is 0.582. The molecule has 1 saturated heterocycles. The zero-order chi connectivity index (χ0) is 13.2. The smallest absolute Gasteiger partial charge is 0.211 e. The van der Waals surface area contributed by atoms with Crippen LogP contribution in [-0.4, -0.2) is 45.7 Å². The molecule has 1 aliphatic heterocycles. The van der Waals surface area contributed by atoms with Crippen LogP contribution in [0.5, 0.6) is 0 Å².